The number of rotatable bonds is 1. The van der Waals surface area contributed by atoms with Crippen LogP contribution >= 0.6 is 0 Å². The first-order valence-electron chi connectivity index (χ1n) is 4.04. The van der Waals surface area contributed by atoms with Gasteiger partial charge >= 0.3 is 26.2 Å². The van der Waals surface area contributed by atoms with E-state index in [-0.39, 0.29) is 31.1 Å². The number of benzene rings is 2. The Morgan fingerprint density at radius 1 is 0.933 bits per heavy atom. The Hall–Kier alpha value is -0.507. The first-order chi connectivity index (χ1) is 6.59. The summed E-state index contributed by atoms with van der Waals surface area (Å²) >= 11 is 0. The molecule has 0 bridgehead atoms. The van der Waals surface area contributed by atoms with Gasteiger partial charge in [0.15, 0.2) is 0 Å². The van der Waals surface area contributed by atoms with Gasteiger partial charge in [-0.15, -0.1) is 0 Å². The molecule has 0 saturated heterocycles. The average molecular weight is 420 g/mol. The molecule has 15 heavy (non-hydrogen) atoms. The standard InChI is InChI=1S/C10H8O3S.Bi.3H/c11-14(12,13)10-7-3-5-8-4-1-2-6-9(8)10;;;;/h1-7H,(H,11,12,13);;;;. The van der Waals surface area contributed by atoms with Crippen LogP contribution in [0, 0.1) is 0 Å². The fourth-order valence-electron chi connectivity index (χ4n) is 1.42. The maximum absolute atomic E-state index is 11.0. The molecule has 2 aromatic carbocycles. The molecule has 5 heteroatoms. The Morgan fingerprint density at radius 3 is 2.20 bits per heavy atom. The Morgan fingerprint density at radius 2 is 1.53 bits per heavy atom. The first-order valence-corrected chi connectivity index (χ1v) is 5.48. The van der Waals surface area contributed by atoms with Crippen molar-refractivity contribution in [1.29, 1.82) is 0 Å². The predicted octanol–water partition coefficient (Wildman–Crippen LogP) is 0.903. The summed E-state index contributed by atoms with van der Waals surface area (Å²) in [5.41, 5.74) is 0. The number of hydrogen-bond acceptors (Lipinski definition) is 2. The fourth-order valence-corrected chi connectivity index (χ4v) is 2.13. The molecular weight excluding hydrogens is 409 g/mol. The SMILES string of the molecule is O=S(=O)(O)c1cccc2ccccc12.[BiH3]. The summed E-state index contributed by atoms with van der Waals surface area (Å²) in [5, 5.41) is 1.33. The van der Waals surface area contributed by atoms with E-state index in [4.69, 9.17) is 4.55 Å². The Labute approximate surface area is 107 Å². The van der Waals surface area contributed by atoms with Crippen LogP contribution in [-0.2, 0) is 10.1 Å². The molecule has 0 atom stereocenters. The van der Waals surface area contributed by atoms with E-state index >= 15 is 0 Å². The molecule has 0 heterocycles. The summed E-state index contributed by atoms with van der Waals surface area (Å²) in [6.07, 6.45) is 0. The number of hydrogen-bond donors (Lipinski definition) is 1. The van der Waals surface area contributed by atoms with E-state index in [0.717, 1.165) is 5.39 Å². The van der Waals surface area contributed by atoms with Crippen molar-refractivity contribution in [3.63, 3.8) is 0 Å². The van der Waals surface area contributed by atoms with Crippen molar-refractivity contribution in [2.45, 2.75) is 4.90 Å². The summed E-state index contributed by atoms with van der Waals surface area (Å²) in [4.78, 5) is -0.0457. The third-order valence-corrected chi connectivity index (χ3v) is 2.94. The summed E-state index contributed by atoms with van der Waals surface area (Å²) < 4.78 is 31.0. The van der Waals surface area contributed by atoms with Gasteiger partial charge < -0.3 is 0 Å². The quantitative estimate of drug-likeness (QED) is 0.551. The van der Waals surface area contributed by atoms with Gasteiger partial charge in [0, 0.05) is 5.39 Å². The third-order valence-electron chi connectivity index (χ3n) is 2.03. The minimum atomic E-state index is -4.13. The molecule has 0 aromatic heterocycles. The monoisotopic (exact) mass is 420 g/mol. The molecule has 2 aromatic rings. The van der Waals surface area contributed by atoms with E-state index in [2.05, 4.69) is 0 Å². The van der Waals surface area contributed by atoms with Gasteiger partial charge in [-0.1, -0.05) is 36.4 Å². The van der Waals surface area contributed by atoms with Crippen LogP contribution in [0.1, 0.15) is 0 Å². The molecule has 2 rings (SSSR count). The van der Waals surface area contributed by atoms with Gasteiger partial charge in [-0.25, -0.2) is 0 Å². The average Bonchev–Trinajstić information content (AvgIpc) is 2.15. The zero-order valence-electron chi connectivity index (χ0n) is 7.92. The Balaban J connectivity index is 0.00000112. The summed E-state index contributed by atoms with van der Waals surface area (Å²) in [5.74, 6) is 0. The van der Waals surface area contributed by atoms with E-state index in [1.54, 1.807) is 30.3 Å². The van der Waals surface area contributed by atoms with Crippen LogP contribution in [0.25, 0.3) is 10.8 Å². The second-order valence-corrected chi connectivity index (χ2v) is 4.34. The molecule has 0 radical (unpaired) electrons. The molecule has 1 N–H and O–H groups in total. The van der Waals surface area contributed by atoms with Crippen LogP contribution in [0.15, 0.2) is 47.4 Å². The van der Waals surface area contributed by atoms with Crippen LogP contribution in [-0.4, -0.2) is 39.2 Å². The normalized spacial score (nSPS) is 11.0. The molecule has 80 valence electrons. The Kier molecular flexibility index (Phi) is 3.82. The van der Waals surface area contributed by atoms with Gasteiger partial charge in [0.05, 0.1) is 0 Å². The van der Waals surface area contributed by atoms with Crippen molar-refractivity contribution in [2.24, 2.45) is 0 Å². The van der Waals surface area contributed by atoms with Gasteiger partial charge in [-0.3, -0.25) is 4.55 Å². The van der Waals surface area contributed by atoms with Gasteiger partial charge in [0.2, 0.25) is 0 Å². The molecule has 0 fully saturated rings. The van der Waals surface area contributed by atoms with Crippen molar-refractivity contribution in [3.8, 4) is 0 Å². The summed E-state index contributed by atoms with van der Waals surface area (Å²) in [6.45, 7) is 0. The third kappa shape index (κ3) is 2.54. The van der Waals surface area contributed by atoms with Crippen LogP contribution in [0.4, 0.5) is 0 Å². The topological polar surface area (TPSA) is 54.4 Å². The second kappa shape index (κ2) is 4.56. The van der Waals surface area contributed by atoms with E-state index < -0.39 is 10.1 Å². The van der Waals surface area contributed by atoms with Gasteiger partial charge in [0.1, 0.15) is 4.90 Å². The molecule has 0 amide bonds. The zero-order valence-corrected chi connectivity index (χ0v) is 14.2. The van der Waals surface area contributed by atoms with Crippen LogP contribution in [0.2, 0.25) is 0 Å². The van der Waals surface area contributed by atoms with Crippen molar-refractivity contribution >= 4 is 47.1 Å². The number of fused-ring (bicyclic) bond motifs is 1. The van der Waals surface area contributed by atoms with Crippen LogP contribution in [0.5, 0.6) is 0 Å². The summed E-state index contributed by atoms with van der Waals surface area (Å²) in [7, 11) is -4.13. The molecule has 3 nitrogen and oxygen atoms in total. The van der Waals surface area contributed by atoms with E-state index in [0.29, 0.717) is 5.39 Å². The molecular formula is C10H11BiO3S. The van der Waals surface area contributed by atoms with Crippen LogP contribution < -0.4 is 0 Å². The molecule has 0 aliphatic rings. The Bertz CT molecular complexity index is 573. The maximum atomic E-state index is 11.0. The van der Waals surface area contributed by atoms with E-state index in [1.807, 2.05) is 6.07 Å². The van der Waals surface area contributed by atoms with Crippen LogP contribution in [0.3, 0.4) is 0 Å². The van der Waals surface area contributed by atoms with E-state index in [1.165, 1.54) is 6.07 Å². The predicted molar refractivity (Wildman–Crippen MR) is 63.7 cm³/mol. The molecule has 0 unspecified atom stereocenters. The van der Waals surface area contributed by atoms with E-state index in [9.17, 15) is 8.42 Å². The van der Waals surface area contributed by atoms with Crippen molar-refractivity contribution in [2.75, 3.05) is 0 Å². The molecule has 0 spiro atoms. The van der Waals surface area contributed by atoms with Crippen molar-refractivity contribution in [3.05, 3.63) is 42.5 Å². The zero-order chi connectivity index (χ0) is 10.2. The van der Waals surface area contributed by atoms with Crippen molar-refractivity contribution in [1.82, 2.24) is 0 Å². The molecule has 0 saturated carbocycles. The van der Waals surface area contributed by atoms with Crippen molar-refractivity contribution < 1.29 is 13.0 Å². The second-order valence-electron chi connectivity index (χ2n) is 2.95. The summed E-state index contributed by atoms with van der Waals surface area (Å²) in [6, 6.07) is 11.8. The first kappa shape index (κ1) is 12.6. The van der Waals surface area contributed by atoms with Gasteiger partial charge in [-0.2, -0.15) is 8.42 Å². The molecule has 0 aliphatic heterocycles. The molecule has 0 aliphatic carbocycles. The van der Waals surface area contributed by atoms with Gasteiger partial charge in [-0.05, 0) is 11.5 Å². The van der Waals surface area contributed by atoms with Gasteiger partial charge in [0.25, 0.3) is 10.1 Å². The fraction of sp³-hybridized carbons (Fsp3) is 0. The minimum absolute atomic E-state index is 0.